The molecule has 1 N–H and O–H groups in total. The van der Waals surface area contributed by atoms with Crippen LogP contribution < -0.4 is 20.0 Å². The number of hydrogen-bond acceptors (Lipinski definition) is 9. The third-order valence-corrected chi connectivity index (χ3v) is 14.4. The molecule has 2 unspecified atom stereocenters. The van der Waals surface area contributed by atoms with Crippen molar-refractivity contribution in [2.24, 2.45) is 11.3 Å². The van der Waals surface area contributed by atoms with E-state index in [-0.39, 0.29) is 35.5 Å². The minimum Gasteiger partial charge on any atom is -0.371 e. The van der Waals surface area contributed by atoms with Gasteiger partial charge < -0.3 is 24.5 Å². The zero-order valence-corrected chi connectivity index (χ0v) is 34.6. The average molecular weight is 817 g/mol. The lowest BCUT2D eigenvalue weighted by molar-refractivity contribution is -0.136. The molecule has 0 saturated carbocycles. The SMILES string of the molecule is CC1CC2(CCN(c3ccc(C(=O)N4CCC(CN5CCN(c6ccc7c(c6)CN(C6CCC(=O)NC6=O)C7=O)CC5)CC4)cc3)CC2)CN1c1ccc(C#N)c(Cl)c1. The molecule has 3 aromatic carbocycles. The van der Waals surface area contributed by atoms with Crippen LogP contribution in [0.25, 0.3) is 0 Å². The number of halogens is 1. The molecule has 0 aromatic heterocycles. The minimum absolute atomic E-state index is 0.125. The standard InChI is InChI=1S/C46H53ClN8O4/c1-31-26-46(30-55(31)38-7-4-34(27-48)40(47)25-38)14-18-51(19-15-46)36-5-2-33(3-6-36)44(58)53-16-12-32(13-17-53)28-50-20-22-52(23-21-50)37-8-9-39-35(24-37)29-54(45(39)59)41-10-11-42(56)49-43(41)57/h2-9,24-25,31-32,41H,10-23,26,28-30H2,1H3,(H,49,56,57). The Bertz CT molecular complexity index is 2170. The molecular weight excluding hydrogens is 764 g/mol. The molecule has 308 valence electrons. The van der Waals surface area contributed by atoms with Crippen LogP contribution in [-0.2, 0) is 16.1 Å². The molecule has 59 heavy (non-hydrogen) atoms. The number of piperazine rings is 1. The predicted octanol–water partition coefficient (Wildman–Crippen LogP) is 5.53. The number of nitrogens with one attached hydrogen (secondary N) is 1. The largest absolute Gasteiger partial charge is 0.371 e. The molecule has 4 amide bonds. The quantitative estimate of drug-likeness (QED) is 0.307. The number of nitriles is 1. The second-order valence-corrected chi connectivity index (χ2v) is 18.2. The van der Waals surface area contributed by atoms with Gasteiger partial charge in [0, 0.05) is 113 Å². The van der Waals surface area contributed by atoms with Gasteiger partial charge in [0.05, 0.1) is 10.6 Å². The van der Waals surface area contributed by atoms with E-state index in [9.17, 15) is 24.4 Å². The second-order valence-electron chi connectivity index (χ2n) is 17.8. The first-order valence-corrected chi connectivity index (χ1v) is 21.8. The first kappa shape index (κ1) is 39.3. The molecule has 5 fully saturated rings. The molecule has 0 aliphatic carbocycles. The molecule has 6 aliphatic rings. The van der Waals surface area contributed by atoms with Gasteiger partial charge in [0.25, 0.3) is 11.8 Å². The van der Waals surface area contributed by atoms with E-state index in [1.165, 1.54) is 5.69 Å². The van der Waals surface area contributed by atoms with E-state index in [0.717, 1.165) is 120 Å². The van der Waals surface area contributed by atoms with Crippen LogP contribution in [0.3, 0.4) is 0 Å². The summed E-state index contributed by atoms with van der Waals surface area (Å²) >= 11 is 6.39. The molecule has 2 atom stereocenters. The van der Waals surface area contributed by atoms with Crippen molar-refractivity contribution >= 4 is 52.3 Å². The van der Waals surface area contributed by atoms with Crippen LogP contribution in [0.15, 0.2) is 60.7 Å². The summed E-state index contributed by atoms with van der Waals surface area (Å²) in [6.45, 7) is 12.0. The highest BCUT2D eigenvalue weighted by Gasteiger charge is 2.44. The van der Waals surface area contributed by atoms with Crippen molar-refractivity contribution in [3.05, 3.63) is 87.9 Å². The zero-order chi connectivity index (χ0) is 40.8. The summed E-state index contributed by atoms with van der Waals surface area (Å²) in [6, 6.07) is 22.0. The van der Waals surface area contributed by atoms with Crippen LogP contribution in [-0.4, -0.2) is 116 Å². The first-order valence-electron chi connectivity index (χ1n) is 21.4. The molecule has 1 spiro atoms. The normalized spacial score (nSPS) is 23.8. The number of rotatable bonds is 7. The summed E-state index contributed by atoms with van der Waals surface area (Å²) in [7, 11) is 0. The Balaban J connectivity index is 0.710. The van der Waals surface area contributed by atoms with Crippen molar-refractivity contribution in [1.82, 2.24) is 20.0 Å². The van der Waals surface area contributed by atoms with Gasteiger partial charge in [-0.3, -0.25) is 29.4 Å². The monoisotopic (exact) mass is 816 g/mol. The summed E-state index contributed by atoms with van der Waals surface area (Å²) in [6.07, 6.45) is 6.03. The third-order valence-electron chi connectivity index (χ3n) is 14.1. The van der Waals surface area contributed by atoms with E-state index in [0.29, 0.717) is 41.1 Å². The molecule has 12 nitrogen and oxygen atoms in total. The summed E-state index contributed by atoms with van der Waals surface area (Å²) in [4.78, 5) is 64.3. The molecule has 6 heterocycles. The highest BCUT2D eigenvalue weighted by atomic mass is 35.5. The lowest BCUT2D eigenvalue weighted by atomic mass is 9.76. The van der Waals surface area contributed by atoms with E-state index < -0.39 is 6.04 Å². The fourth-order valence-corrected chi connectivity index (χ4v) is 10.9. The molecule has 6 aliphatic heterocycles. The molecular formula is C46H53ClN8O4. The Kier molecular flexibility index (Phi) is 10.8. The van der Waals surface area contributed by atoms with E-state index >= 15 is 0 Å². The molecule has 13 heteroatoms. The number of hydrogen-bond donors (Lipinski definition) is 1. The van der Waals surface area contributed by atoms with Crippen molar-refractivity contribution in [3.8, 4) is 6.07 Å². The lowest BCUT2D eigenvalue weighted by Gasteiger charge is -2.40. The summed E-state index contributed by atoms with van der Waals surface area (Å²) in [5, 5.41) is 12.2. The van der Waals surface area contributed by atoms with Crippen molar-refractivity contribution < 1.29 is 19.2 Å². The van der Waals surface area contributed by atoms with Crippen LogP contribution >= 0.6 is 11.6 Å². The van der Waals surface area contributed by atoms with Gasteiger partial charge in [-0.05, 0) is 123 Å². The van der Waals surface area contributed by atoms with E-state index in [4.69, 9.17) is 11.6 Å². The molecule has 5 saturated heterocycles. The Morgan fingerprint density at radius 1 is 0.831 bits per heavy atom. The molecule has 0 bridgehead atoms. The van der Waals surface area contributed by atoms with Crippen molar-refractivity contribution in [3.63, 3.8) is 0 Å². The van der Waals surface area contributed by atoms with E-state index in [1.807, 2.05) is 47.4 Å². The van der Waals surface area contributed by atoms with Gasteiger partial charge in [-0.15, -0.1) is 0 Å². The Labute approximate surface area is 351 Å². The number of imide groups is 1. The molecule has 0 radical (unpaired) electrons. The number of likely N-dealkylation sites (tertiary alicyclic amines) is 1. The predicted molar refractivity (Wildman–Crippen MR) is 228 cm³/mol. The molecule has 3 aromatic rings. The Hall–Kier alpha value is -5.12. The van der Waals surface area contributed by atoms with E-state index in [1.54, 1.807) is 4.90 Å². The van der Waals surface area contributed by atoms with Gasteiger partial charge in [0.1, 0.15) is 12.1 Å². The number of anilines is 3. The number of carbonyl (C=O) groups excluding carboxylic acids is 4. The fraction of sp³-hybridized carbons (Fsp3) is 0.500. The van der Waals surface area contributed by atoms with Crippen molar-refractivity contribution in [2.45, 2.75) is 70.5 Å². The van der Waals surface area contributed by atoms with Crippen molar-refractivity contribution in [2.75, 3.05) is 80.1 Å². The number of benzene rings is 3. The number of amides is 4. The fourth-order valence-electron chi connectivity index (χ4n) is 10.7. The first-order chi connectivity index (χ1) is 28.6. The number of fused-ring (bicyclic) bond motifs is 1. The maximum atomic E-state index is 13.6. The third kappa shape index (κ3) is 7.87. The van der Waals surface area contributed by atoms with E-state index in [2.05, 4.69) is 56.1 Å². The smallest absolute Gasteiger partial charge is 0.255 e. The minimum atomic E-state index is -0.602. The van der Waals surface area contributed by atoms with Crippen LogP contribution in [0.4, 0.5) is 17.1 Å². The highest BCUT2D eigenvalue weighted by Crippen LogP contribution is 2.46. The number of nitrogens with zero attached hydrogens (tertiary/aromatic N) is 7. The van der Waals surface area contributed by atoms with Crippen LogP contribution in [0.2, 0.25) is 5.02 Å². The maximum absolute atomic E-state index is 13.6. The van der Waals surface area contributed by atoms with Gasteiger partial charge in [-0.25, -0.2) is 0 Å². The van der Waals surface area contributed by atoms with Gasteiger partial charge in [0.15, 0.2) is 0 Å². The number of piperidine rings is 3. The van der Waals surface area contributed by atoms with Crippen LogP contribution in [0.5, 0.6) is 0 Å². The lowest BCUT2D eigenvalue weighted by Crippen LogP contribution is -2.52. The Morgan fingerprint density at radius 2 is 1.53 bits per heavy atom. The maximum Gasteiger partial charge on any atom is 0.255 e. The highest BCUT2D eigenvalue weighted by molar-refractivity contribution is 6.32. The zero-order valence-electron chi connectivity index (χ0n) is 33.9. The van der Waals surface area contributed by atoms with Gasteiger partial charge in [-0.2, -0.15) is 5.26 Å². The summed E-state index contributed by atoms with van der Waals surface area (Å²) in [5.41, 5.74) is 6.50. The topological polar surface area (TPSA) is 124 Å². The average Bonchev–Trinajstić information content (AvgIpc) is 3.75. The number of carbonyl (C=O) groups is 4. The van der Waals surface area contributed by atoms with Gasteiger partial charge in [-0.1, -0.05) is 11.6 Å². The van der Waals surface area contributed by atoms with Crippen LogP contribution in [0.1, 0.15) is 83.7 Å². The molecule has 9 rings (SSSR count). The van der Waals surface area contributed by atoms with Gasteiger partial charge >= 0.3 is 0 Å². The van der Waals surface area contributed by atoms with Gasteiger partial charge in [0.2, 0.25) is 11.8 Å². The van der Waals surface area contributed by atoms with Crippen molar-refractivity contribution in [1.29, 1.82) is 5.26 Å². The summed E-state index contributed by atoms with van der Waals surface area (Å²) in [5.74, 6) is -0.110. The van der Waals surface area contributed by atoms with Crippen LogP contribution in [0, 0.1) is 22.7 Å². The summed E-state index contributed by atoms with van der Waals surface area (Å²) < 4.78 is 0. The Morgan fingerprint density at radius 3 is 2.22 bits per heavy atom. The second kappa shape index (κ2) is 16.1.